The first-order chi connectivity index (χ1) is 7.63. The van der Waals surface area contributed by atoms with Gasteiger partial charge in [-0.05, 0) is 12.1 Å². The van der Waals surface area contributed by atoms with Crippen molar-refractivity contribution in [3.8, 4) is 0 Å². The van der Waals surface area contributed by atoms with Crippen molar-refractivity contribution in [3.05, 3.63) is 36.3 Å². The van der Waals surface area contributed by atoms with E-state index in [-0.39, 0.29) is 18.9 Å². The van der Waals surface area contributed by atoms with Gasteiger partial charge in [-0.1, -0.05) is 12.7 Å². The second kappa shape index (κ2) is 5.59. The van der Waals surface area contributed by atoms with E-state index in [9.17, 15) is 9.59 Å². The average Bonchev–Trinajstić information content (AvgIpc) is 2.72. The lowest BCUT2D eigenvalue weighted by Crippen LogP contribution is -2.23. The van der Waals surface area contributed by atoms with E-state index in [4.69, 9.17) is 9.52 Å². The summed E-state index contributed by atoms with van der Waals surface area (Å²) in [6.07, 6.45) is 0.822. The van der Waals surface area contributed by atoms with Gasteiger partial charge in [0.2, 0.25) is 5.76 Å². The molecule has 0 bridgehead atoms. The van der Waals surface area contributed by atoms with Crippen molar-refractivity contribution >= 4 is 12.1 Å². The normalized spacial score (nSPS) is 9.50. The Hall–Kier alpha value is -2.24. The molecule has 1 aromatic heterocycles. The molecule has 0 aliphatic carbocycles. The summed E-state index contributed by atoms with van der Waals surface area (Å²) >= 11 is 0. The Balaban J connectivity index is 2.39. The van der Waals surface area contributed by atoms with E-state index in [2.05, 4.69) is 16.6 Å². The number of hydrogen-bond acceptors (Lipinski definition) is 4. The third-order valence-corrected chi connectivity index (χ3v) is 1.61. The smallest absolute Gasteiger partial charge is 0.407 e. The van der Waals surface area contributed by atoms with Crippen LogP contribution >= 0.6 is 0 Å². The third-order valence-electron chi connectivity index (χ3n) is 1.61. The summed E-state index contributed by atoms with van der Waals surface area (Å²) in [6, 6.07) is 2.78. The van der Waals surface area contributed by atoms with Crippen LogP contribution in [-0.2, 0) is 11.3 Å². The van der Waals surface area contributed by atoms with Gasteiger partial charge in [0.05, 0.1) is 6.54 Å². The minimum Gasteiger partial charge on any atom is -0.475 e. The van der Waals surface area contributed by atoms with E-state index in [0.717, 1.165) is 0 Å². The van der Waals surface area contributed by atoms with Crippen LogP contribution in [0.25, 0.3) is 0 Å². The maximum absolute atomic E-state index is 11.0. The molecular formula is C10H11NO5. The van der Waals surface area contributed by atoms with Gasteiger partial charge in [0.15, 0.2) is 0 Å². The van der Waals surface area contributed by atoms with Crippen LogP contribution in [0.5, 0.6) is 0 Å². The molecule has 0 fully saturated rings. The van der Waals surface area contributed by atoms with E-state index in [0.29, 0.717) is 5.76 Å². The highest BCUT2D eigenvalue weighted by Crippen LogP contribution is 2.07. The van der Waals surface area contributed by atoms with Crippen LogP contribution in [0.2, 0.25) is 0 Å². The van der Waals surface area contributed by atoms with Crippen molar-refractivity contribution in [2.75, 3.05) is 6.61 Å². The van der Waals surface area contributed by atoms with Gasteiger partial charge >= 0.3 is 12.1 Å². The van der Waals surface area contributed by atoms with Gasteiger partial charge in [-0.3, -0.25) is 0 Å². The Kier molecular flexibility index (Phi) is 4.14. The lowest BCUT2D eigenvalue weighted by atomic mass is 10.4. The first kappa shape index (κ1) is 11.8. The van der Waals surface area contributed by atoms with Crippen molar-refractivity contribution in [1.29, 1.82) is 0 Å². The number of ether oxygens (including phenoxy) is 1. The fraction of sp³-hybridized carbons (Fsp3) is 0.200. The standard InChI is InChI=1S/C10H11NO5/c1-2-5-15-10(14)11-6-7-3-4-8(16-7)9(12)13/h2-4H,1,5-6H2,(H,11,14)(H,12,13). The number of carboxylic acids is 1. The molecule has 16 heavy (non-hydrogen) atoms. The number of hydrogen-bond donors (Lipinski definition) is 2. The Morgan fingerprint density at radius 2 is 2.31 bits per heavy atom. The molecule has 1 heterocycles. The van der Waals surface area contributed by atoms with Crippen molar-refractivity contribution in [2.24, 2.45) is 0 Å². The van der Waals surface area contributed by atoms with Crippen LogP contribution in [0.1, 0.15) is 16.3 Å². The second-order valence-electron chi connectivity index (χ2n) is 2.81. The molecule has 0 aromatic carbocycles. The Morgan fingerprint density at radius 1 is 1.56 bits per heavy atom. The molecule has 0 aliphatic rings. The molecule has 0 spiro atoms. The number of nitrogens with one attached hydrogen (secondary N) is 1. The Bertz CT molecular complexity index is 396. The summed E-state index contributed by atoms with van der Waals surface area (Å²) in [5.41, 5.74) is 0. The molecule has 0 atom stereocenters. The highest BCUT2D eigenvalue weighted by atomic mass is 16.5. The summed E-state index contributed by atoms with van der Waals surface area (Å²) in [5.74, 6) is -0.982. The Morgan fingerprint density at radius 3 is 2.88 bits per heavy atom. The maximum atomic E-state index is 11.0. The number of aromatic carboxylic acids is 1. The minimum atomic E-state index is -1.15. The zero-order valence-corrected chi connectivity index (χ0v) is 8.43. The van der Waals surface area contributed by atoms with Crippen LogP contribution in [0.4, 0.5) is 4.79 Å². The van der Waals surface area contributed by atoms with E-state index in [1.165, 1.54) is 18.2 Å². The van der Waals surface area contributed by atoms with Gasteiger partial charge in [0, 0.05) is 0 Å². The molecule has 0 saturated carbocycles. The van der Waals surface area contributed by atoms with Gasteiger partial charge in [-0.2, -0.15) is 0 Å². The summed E-state index contributed by atoms with van der Waals surface area (Å²) < 4.78 is 9.55. The van der Waals surface area contributed by atoms with E-state index in [1.54, 1.807) is 0 Å². The Labute approximate surface area is 91.5 Å². The molecule has 0 unspecified atom stereocenters. The predicted octanol–water partition coefficient (Wildman–Crippen LogP) is 1.39. The summed E-state index contributed by atoms with van der Waals surface area (Å²) in [7, 11) is 0. The van der Waals surface area contributed by atoms with Crippen LogP contribution < -0.4 is 5.32 Å². The number of carbonyl (C=O) groups excluding carboxylic acids is 1. The van der Waals surface area contributed by atoms with Crippen LogP contribution in [-0.4, -0.2) is 23.8 Å². The van der Waals surface area contributed by atoms with Gasteiger partial charge in [0.25, 0.3) is 0 Å². The number of carbonyl (C=O) groups is 2. The number of carboxylic acid groups (broad SMARTS) is 1. The molecule has 2 N–H and O–H groups in total. The zero-order chi connectivity index (χ0) is 12.0. The third kappa shape index (κ3) is 3.49. The first-order valence-electron chi connectivity index (χ1n) is 4.47. The number of furan rings is 1. The summed E-state index contributed by atoms with van der Waals surface area (Å²) in [5, 5.41) is 11.0. The van der Waals surface area contributed by atoms with Crippen molar-refractivity contribution < 1.29 is 23.8 Å². The molecule has 1 amide bonds. The molecule has 1 aromatic rings. The minimum absolute atomic E-state index is 0.0727. The predicted molar refractivity (Wildman–Crippen MR) is 54.1 cm³/mol. The van der Waals surface area contributed by atoms with Crippen LogP contribution in [0.3, 0.4) is 0 Å². The SMILES string of the molecule is C=CCOC(=O)NCc1ccc(C(=O)O)o1. The van der Waals surface area contributed by atoms with Crippen molar-refractivity contribution in [2.45, 2.75) is 6.54 Å². The van der Waals surface area contributed by atoms with Gasteiger partial charge in [0.1, 0.15) is 12.4 Å². The first-order valence-corrected chi connectivity index (χ1v) is 4.47. The molecule has 0 radical (unpaired) electrons. The molecule has 6 heteroatoms. The number of rotatable bonds is 5. The molecule has 0 aliphatic heterocycles. The molecular weight excluding hydrogens is 214 g/mol. The largest absolute Gasteiger partial charge is 0.475 e. The van der Waals surface area contributed by atoms with Crippen molar-refractivity contribution in [3.63, 3.8) is 0 Å². The summed E-state index contributed by atoms with van der Waals surface area (Å²) in [4.78, 5) is 21.5. The average molecular weight is 225 g/mol. The molecule has 0 saturated heterocycles. The highest BCUT2D eigenvalue weighted by molar-refractivity contribution is 5.84. The zero-order valence-electron chi connectivity index (χ0n) is 8.43. The lowest BCUT2D eigenvalue weighted by molar-refractivity contribution is 0.0660. The molecule has 1 rings (SSSR count). The van der Waals surface area contributed by atoms with Crippen molar-refractivity contribution in [1.82, 2.24) is 5.32 Å². The lowest BCUT2D eigenvalue weighted by Gasteiger charge is -2.02. The van der Waals surface area contributed by atoms with Gasteiger partial charge < -0.3 is 19.6 Å². The quantitative estimate of drug-likeness (QED) is 0.739. The van der Waals surface area contributed by atoms with Crippen LogP contribution in [0, 0.1) is 0 Å². The number of amides is 1. The molecule has 6 nitrogen and oxygen atoms in total. The van der Waals surface area contributed by atoms with Gasteiger partial charge in [-0.15, -0.1) is 0 Å². The van der Waals surface area contributed by atoms with Crippen LogP contribution in [0.15, 0.2) is 29.2 Å². The highest BCUT2D eigenvalue weighted by Gasteiger charge is 2.09. The maximum Gasteiger partial charge on any atom is 0.407 e. The fourth-order valence-corrected chi connectivity index (χ4v) is 0.933. The van der Waals surface area contributed by atoms with E-state index < -0.39 is 12.1 Å². The topological polar surface area (TPSA) is 88.8 Å². The summed E-state index contributed by atoms with van der Waals surface area (Å²) in [6.45, 7) is 3.57. The monoisotopic (exact) mass is 225 g/mol. The van der Waals surface area contributed by atoms with E-state index in [1.807, 2.05) is 0 Å². The second-order valence-corrected chi connectivity index (χ2v) is 2.81. The van der Waals surface area contributed by atoms with Gasteiger partial charge in [-0.25, -0.2) is 9.59 Å². The fourth-order valence-electron chi connectivity index (χ4n) is 0.933. The van der Waals surface area contributed by atoms with E-state index >= 15 is 0 Å². The number of alkyl carbamates (subject to hydrolysis) is 1. The molecule has 86 valence electrons.